The maximum Gasteiger partial charge on any atom is 0.355 e. The molecule has 1 heterocycles. The summed E-state index contributed by atoms with van der Waals surface area (Å²) in [5, 5.41) is 0.587. The Bertz CT molecular complexity index is 941. The van der Waals surface area contributed by atoms with Crippen molar-refractivity contribution in [3.63, 3.8) is 0 Å². The molecule has 5 heteroatoms. The quantitative estimate of drug-likeness (QED) is 0.698. The Balaban J connectivity index is 2.10. The van der Waals surface area contributed by atoms with E-state index in [0.29, 0.717) is 16.5 Å². The molecule has 0 saturated heterocycles. The molecule has 3 rings (SSSR count). The molecule has 0 atom stereocenters. The van der Waals surface area contributed by atoms with Crippen molar-refractivity contribution in [2.24, 2.45) is 0 Å². The summed E-state index contributed by atoms with van der Waals surface area (Å²) in [6, 6.07) is 16.9. The molecule has 3 aromatic rings. The second-order valence-electron chi connectivity index (χ2n) is 4.68. The number of rotatable bonds is 3. The largest absolute Gasteiger partial charge is 0.422 e. The maximum atomic E-state index is 12.4. The molecule has 2 aromatic carbocycles. The van der Waals surface area contributed by atoms with Crippen LogP contribution in [-0.2, 0) is 15.6 Å². The van der Waals surface area contributed by atoms with Crippen LogP contribution < -0.4 is 5.63 Å². The van der Waals surface area contributed by atoms with Gasteiger partial charge in [-0.2, -0.15) is 0 Å². The molecule has 21 heavy (non-hydrogen) atoms. The minimum absolute atomic E-state index is 0.225. The first-order valence-corrected chi connectivity index (χ1v) is 8.01. The van der Waals surface area contributed by atoms with Crippen LogP contribution in [0.5, 0.6) is 0 Å². The predicted molar refractivity (Wildman–Crippen MR) is 79.8 cm³/mol. The first-order chi connectivity index (χ1) is 10.1. The van der Waals surface area contributed by atoms with Gasteiger partial charge in [0.15, 0.2) is 14.7 Å². The van der Waals surface area contributed by atoms with Gasteiger partial charge in [-0.1, -0.05) is 48.5 Å². The van der Waals surface area contributed by atoms with E-state index in [4.69, 9.17) is 4.42 Å². The van der Waals surface area contributed by atoms with Crippen LogP contribution in [0.2, 0.25) is 0 Å². The summed E-state index contributed by atoms with van der Waals surface area (Å²) < 4.78 is 29.9. The van der Waals surface area contributed by atoms with Gasteiger partial charge in [0.25, 0.3) is 0 Å². The minimum atomic E-state index is -3.74. The van der Waals surface area contributed by atoms with Crippen LogP contribution in [0, 0.1) is 0 Å². The monoisotopic (exact) mass is 300 g/mol. The molecular formula is C16H12O4S. The van der Waals surface area contributed by atoms with E-state index in [0.717, 1.165) is 0 Å². The molecule has 0 spiro atoms. The topological polar surface area (TPSA) is 64.3 Å². The van der Waals surface area contributed by atoms with E-state index in [1.807, 2.05) is 0 Å². The molecule has 0 aliphatic rings. The molecule has 0 saturated carbocycles. The SMILES string of the molecule is O=c1oc2ccccc2cc1S(=O)(=O)Cc1ccccc1. The Hall–Kier alpha value is -2.40. The van der Waals surface area contributed by atoms with E-state index in [1.165, 1.54) is 6.07 Å². The Morgan fingerprint density at radius 2 is 1.57 bits per heavy atom. The van der Waals surface area contributed by atoms with E-state index in [2.05, 4.69) is 0 Å². The highest BCUT2D eigenvalue weighted by Crippen LogP contribution is 2.18. The Kier molecular flexibility index (Phi) is 3.35. The smallest absolute Gasteiger partial charge is 0.355 e. The summed E-state index contributed by atoms with van der Waals surface area (Å²) in [6.07, 6.45) is 0. The third-order valence-electron chi connectivity index (χ3n) is 3.14. The van der Waals surface area contributed by atoms with Crippen LogP contribution in [0.15, 0.2) is 74.8 Å². The number of hydrogen-bond acceptors (Lipinski definition) is 4. The summed E-state index contributed by atoms with van der Waals surface area (Å²) >= 11 is 0. The van der Waals surface area contributed by atoms with Gasteiger partial charge in [-0.3, -0.25) is 0 Å². The van der Waals surface area contributed by atoms with E-state index >= 15 is 0 Å². The molecule has 0 aliphatic carbocycles. The number of para-hydroxylation sites is 1. The second-order valence-corrected chi connectivity index (χ2v) is 6.64. The van der Waals surface area contributed by atoms with Gasteiger partial charge in [-0.15, -0.1) is 0 Å². The molecule has 0 radical (unpaired) electrons. The number of hydrogen-bond donors (Lipinski definition) is 0. The number of benzene rings is 2. The van der Waals surface area contributed by atoms with Gasteiger partial charge in [0.05, 0.1) is 5.75 Å². The molecule has 4 nitrogen and oxygen atoms in total. The van der Waals surface area contributed by atoms with Crippen molar-refractivity contribution in [2.45, 2.75) is 10.6 Å². The zero-order chi connectivity index (χ0) is 14.9. The lowest BCUT2D eigenvalue weighted by atomic mass is 10.2. The molecule has 0 amide bonds. The molecule has 106 valence electrons. The average molecular weight is 300 g/mol. The third-order valence-corrected chi connectivity index (χ3v) is 4.81. The zero-order valence-electron chi connectivity index (χ0n) is 11.0. The van der Waals surface area contributed by atoms with Crippen molar-refractivity contribution in [2.75, 3.05) is 0 Å². The molecule has 0 unspecified atom stereocenters. The molecular weight excluding hydrogens is 288 g/mol. The van der Waals surface area contributed by atoms with Crippen LogP contribution in [0.3, 0.4) is 0 Å². The lowest BCUT2D eigenvalue weighted by molar-refractivity contribution is 0.532. The summed E-state index contributed by atoms with van der Waals surface area (Å²) in [5.74, 6) is -0.225. The summed E-state index contributed by atoms with van der Waals surface area (Å²) in [6.45, 7) is 0. The van der Waals surface area contributed by atoms with Crippen LogP contribution >= 0.6 is 0 Å². The molecule has 0 bridgehead atoms. The summed E-state index contributed by atoms with van der Waals surface area (Å²) in [5.41, 5.74) is 0.177. The standard InChI is InChI=1S/C16H12O4S/c17-16-15(10-13-8-4-5-9-14(13)20-16)21(18,19)11-12-6-2-1-3-7-12/h1-10H,11H2. The molecule has 0 N–H and O–H groups in total. The Morgan fingerprint density at radius 3 is 2.33 bits per heavy atom. The lowest BCUT2D eigenvalue weighted by Gasteiger charge is -2.04. The third kappa shape index (κ3) is 2.73. The number of fused-ring (bicyclic) bond motifs is 1. The van der Waals surface area contributed by atoms with Gasteiger partial charge in [-0.05, 0) is 17.7 Å². The van der Waals surface area contributed by atoms with Crippen molar-refractivity contribution in [1.82, 2.24) is 0 Å². The molecule has 0 aliphatic heterocycles. The highest BCUT2D eigenvalue weighted by molar-refractivity contribution is 7.90. The summed E-state index contributed by atoms with van der Waals surface area (Å²) in [7, 11) is -3.74. The first-order valence-electron chi connectivity index (χ1n) is 6.36. The van der Waals surface area contributed by atoms with E-state index in [-0.39, 0.29) is 10.6 Å². The second kappa shape index (κ2) is 5.18. The highest BCUT2D eigenvalue weighted by Gasteiger charge is 2.21. The van der Waals surface area contributed by atoms with E-state index < -0.39 is 15.5 Å². The lowest BCUT2D eigenvalue weighted by Crippen LogP contribution is -2.15. The van der Waals surface area contributed by atoms with Crippen molar-refractivity contribution in [3.05, 3.63) is 76.6 Å². The highest BCUT2D eigenvalue weighted by atomic mass is 32.2. The van der Waals surface area contributed by atoms with Crippen molar-refractivity contribution < 1.29 is 12.8 Å². The molecule has 1 aromatic heterocycles. The van der Waals surface area contributed by atoms with Gasteiger partial charge < -0.3 is 4.42 Å². The van der Waals surface area contributed by atoms with Gasteiger partial charge in [0, 0.05) is 5.39 Å². The van der Waals surface area contributed by atoms with Crippen molar-refractivity contribution in [1.29, 1.82) is 0 Å². The average Bonchev–Trinajstić information content (AvgIpc) is 2.47. The fraction of sp³-hybridized carbons (Fsp3) is 0.0625. The fourth-order valence-electron chi connectivity index (χ4n) is 2.13. The van der Waals surface area contributed by atoms with E-state index in [9.17, 15) is 13.2 Å². The fourth-order valence-corrected chi connectivity index (χ4v) is 3.52. The normalized spacial score (nSPS) is 11.6. The van der Waals surface area contributed by atoms with Gasteiger partial charge >= 0.3 is 5.63 Å². The Morgan fingerprint density at radius 1 is 0.905 bits per heavy atom. The maximum absolute atomic E-state index is 12.4. The molecule has 0 fully saturated rings. The van der Waals surface area contributed by atoms with Crippen LogP contribution in [0.25, 0.3) is 11.0 Å². The Labute approximate surface area is 121 Å². The number of sulfone groups is 1. The van der Waals surface area contributed by atoms with Gasteiger partial charge in [-0.25, -0.2) is 13.2 Å². The van der Waals surface area contributed by atoms with Crippen LogP contribution in [-0.4, -0.2) is 8.42 Å². The summed E-state index contributed by atoms with van der Waals surface area (Å²) in [4.78, 5) is 11.6. The van der Waals surface area contributed by atoms with Crippen LogP contribution in [0.1, 0.15) is 5.56 Å². The van der Waals surface area contributed by atoms with Crippen molar-refractivity contribution in [3.8, 4) is 0 Å². The van der Waals surface area contributed by atoms with Crippen molar-refractivity contribution >= 4 is 20.8 Å². The van der Waals surface area contributed by atoms with Gasteiger partial charge in [0.1, 0.15) is 5.58 Å². The first kappa shape index (κ1) is 13.6. The zero-order valence-corrected chi connectivity index (χ0v) is 11.8. The van der Waals surface area contributed by atoms with E-state index in [1.54, 1.807) is 54.6 Å². The predicted octanol–water partition coefficient (Wildman–Crippen LogP) is 2.77. The van der Waals surface area contributed by atoms with Gasteiger partial charge in [0.2, 0.25) is 0 Å². The van der Waals surface area contributed by atoms with Crippen LogP contribution in [0.4, 0.5) is 0 Å². The minimum Gasteiger partial charge on any atom is -0.422 e.